The maximum Gasteiger partial charge on any atom is 0.0237 e. The van der Waals surface area contributed by atoms with Crippen molar-refractivity contribution < 1.29 is 0 Å². The molecular weight excluding hydrogens is 244 g/mol. The predicted molar refractivity (Wildman–Crippen MR) is 84.7 cm³/mol. The maximum atomic E-state index is 6.01. The van der Waals surface area contributed by atoms with Crippen LogP contribution in [0.1, 0.15) is 56.1 Å². The molecule has 2 atom stereocenters. The van der Waals surface area contributed by atoms with Crippen molar-refractivity contribution in [1.82, 2.24) is 4.90 Å². The van der Waals surface area contributed by atoms with E-state index in [1.807, 2.05) is 0 Å². The molecule has 1 saturated heterocycles. The van der Waals surface area contributed by atoms with Crippen LogP contribution in [-0.2, 0) is 6.54 Å². The highest BCUT2D eigenvalue weighted by Crippen LogP contribution is 2.40. The molecule has 2 heteroatoms. The maximum absolute atomic E-state index is 6.01. The van der Waals surface area contributed by atoms with Gasteiger partial charge in [0.05, 0.1) is 0 Å². The minimum Gasteiger partial charge on any atom is -0.329 e. The van der Waals surface area contributed by atoms with E-state index in [1.165, 1.54) is 44.2 Å². The van der Waals surface area contributed by atoms with Gasteiger partial charge in [0.2, 0.25) is 0 Å². The van der Waals surface area contributed by atoms with Crippen molar-refractivity contribution in [1.29, 1.82) is 0 Å². The molecule has 0 amide bonds. The zero-order valence-corrected chi connectivity index (χ0v) is 12.7. The van der Waals surface area contributed by atoms with Crippen LogP contribution in [0.2, 0.25) is 0 Å². The minimum absolute atomic E-state index is 0.582. The molecule has 2 aliphatic rings. The average Bonchev–Trinajstić information content (AvgIpc) is 3.32. The lowest BCUT2D eigenvalue weighted by atomic mass is 9.88. The third-order valence-corrected chi connectivity index (χ3v) is 5.18. The molecule has 3 rings (SSSR count). The van der Waals surface area contributed by atoms with Gasteiger partial charge in [-0.3, -0.25) is 4.90 Å². The van der Waals surface area contributed by atoms with Crippen molar-refractivity contribution in [3.8, 4) is 0 Å². The molecule has 0 spiro atoms. The molecule has 1 aromatic carbocycles. The summed E-state index contributed by atoms with van der Waals surface area (Å²) in [4.78, 5) is 2.61. The standard InChI is InChI=1S/C18H28N2/c1-2-14-8-9-20(18(11-14)12-19)13-15-4-3-5-17(10-15)16-6-7-16/h3-5,10,14,16,18H,2,6-9,11-13,19H2,1H3. The summed E-state index contributed by atoms with van der Waals surface area (Å²) in [5.74, 6) is 1.74. The van der Waals surface area contributed by atoms with Gasteiger partial charge in [-0.15, -0.1) is 0 Å². The van der Waals surface area contributed by atoms with Gasteiger partial charge in [0.25, 0.3) is 0 Å². The first-order chi connectivity index (χ1) is 9.80. The van der Waals surface area contributed by atoms with Crippen LogP contribution in [0, 0.1) is 5.92 Å². The fraction of sp³-hybridized carbons (Fsp3) is 0.667. The normalized spacial score (nSPS) is 27.7. The Morgan fingerprint density at radius 3 is 2.80 bits per heavy atom. The van der Waals surface area contributed by atoms with Gasteiger partial charge in [-0.1, -0.05) is 37.6 Å². The smallest absolute Gasteiger partial charge is 0.0237 e. The van der Waals surface area contributed by atoms with Gasteiger partial charge < -0.3 is 5.73 Å². The third-order valence-electron chi connectivity index (χ3n) is 5.18. The summed E-state index contributed by atoms with van der Waals surface area (Å²) in [5, 5.41) is 0. The summed E-state index contributed by atoms with van der Waals surface area (Å²) in [6.45, 7) is 5.42. The van der Waals surface area contributed by atoms with Gasteiger partial charge in [0.15, 0.2) is 0 Å². The zero-order chi connectivity index (χ0) is 13.9. The summed E-state index contributed by atoms with van der Waals surface area (Å²) < 4.78 is 0. The molecule has 2 nitrogen and oxygen atoms in total. The van der Waals surface area contributed by atoms with E-state index >= 15 is 0 Å². The Morgan fingerprint density at radius 2 is 2.10 bits per heavy atom. The highest BCUT2D eigenvalue weighted by atomic mass is 15.2. The lowest BCUT2D eigenvalue weighted by molar-refractivity contribution is 0.107. The van der Waals surface area contributed by atoms with Crippen LogP contribution in [0.3, 0.4) is 0 Å². The average molecular weight is 272 g/mol. The zero-order valence-electron chi connectivity index (χ0n) is 12.7. The number of benzene rings is 1. The van der Waals surface area contributed by atoms with Crippen LogP contribution in [0.25, 0.3) is 0 Å². The molecule has 0 aromatic heterocycles. The van der Waals surface area contributed by atoms with Crippen LogP contribution in [-0.4, -0.2) is 24.0 Å². The second-order valence-corrected chi connectivity index (χ2v) is 6.68. The van der Waals surface area contributed by atoms with E-state index in [0.717, 1.165) is 24.9 Å². The number of rotatable bonds is 5. The van der Waals surface area contributed by atoms with Crippen molar-refractivity contribution in [2.45, 2.75) is 57.5 Å². The van der Waals surface area contributed by atoms with Gasteiger partial charge >= 0.3 is 0 Å². The third kappa shape index (κ3) is 3.24. The van der Waals surface area contributed by atoms with Crippen molar-refractivity contribution in [3.63, 3.8) is 0 Å². The second kappa shape index (κ2) is 6.28. The predicted octanol–water partition coefficient (Wildman–Crippen LogP) is 3.51. The van der Waals surface area contributed by atoms with Crippen molar-refractivity contribution >= 4 is 0 Å². The van der Waals surface area contributed by atoms with Gasteiger partial charge in [-0.05, 0) is 55.2 Å². The van der Waals surface area contributed by atoms with Crippen LogP contribution in [0.5, 0.6) is 0 Å². The topological polar surface area (TPSA) is 29.3 Å². The molecule has 2 unspecified atom stereocenters. The van der Waals surface area contributed by atoms with Gasteiger partial charge in [0, 0.05) is 19.1 Å². The van der Waals surface area contributed by atoms with E-state index < -0.39 is 0 Å². The number of piperidine rings is 1. The molecule has 1 aromatic rings. The monoisotopic (exact) mass is 272 g/mol. The Balaban J connectivity index is 1.65. The van der Waals surface area contributed by atoms with Crippen molar-refractivity contribution in [2.75, 3.05) is 13.1 Å². The molecule has 2 fully saturated rings. The summed E-state index contributed by atoms with van der Waals surface area (Å²) in [7, 11) is 0. The van der Waals surface area contributed by atoms with E-state index in [-0.39, 0.29) is 0 Å². The molecule has 110 valence electrons. The Bertz CT molecular complexity index is 439. The van der Waals surface area contributed by atoms with E-state index in [9.17, 15) is 0 Å². The number of nitrogens with two attached hydrogens (primary N) is 1. The highest BCUT2D eigenvalue weighted by molar-refractivity contribution is 5.29. The van der Waals surface area contributed by atoms with Crippen LogP contribution < -0.4 is 5.73 Å². The molecule has 1 heterocycles. The molecule has 1 aliphatic heterocycles. The molecule has 0 radical (unpaired) electrons. The van der Waals surface area contributed by atoms with Gasteiger partial charge in [-0.2, -0.15) is 0 Å². The fourth-order valence-corrected chi connectivity index (χ4v) is 3.60. The second-order valence-electron chi connectivity index (χ2n) is 6.68. The largest absolute Gasteiger partial charge is 0.329 e. The van der Waals surface area contributed by atoms with Crippen molar-refractivity contribution in [2.24, 2.45) is 11.7 Å². The molecule has 0 bridgehead atoms. The quantitative estimate of drug-likeness (QED) is 0.888. The fourth-order valence-electron chi connectivity index (χ4n) is 3.60. The van der Waals surface area contributed by atoms with Crippen LogP contribution in [0.4, 0.5) is 0 Å². The lowest BCUT2D eigenvalue weighted by Gasteiger charge is -2.39. The van der Waals surface area contributed by atoms with Crippen LogP contribution >= 0.6 is 0 Å². The summed E-state index contributed by atoms with van der Waals surface area (Å²) in [6.07, 6.45) is 6.71. The lowest BCUT2D eigenvalue weighted by Crippen LogP contribution is -2.46. The first kappa shape index (κ1) is 14.1. The summed E-state index contributed by atoms with van der Waals surface area (Å²) in [6, 6.07) is 9.82. The molecule has 20 heavy (non-hydrogen) atoms. The minimum atomic E-state index is 0.582. The Morgan fingerprint density at radius 1 is 1.25 bits per heavy atom. The van der Waals surface area contributed by atoms with E-state index in [0.29, 0.717) is 6.04 Å². The molecule has 1 aliphatic carbocycles. The molecule has 2 N–H and O–H groups in total. The SMILES string of the molecule is CCC1CCN(Cc2cccc(C3CC3)c2)C(CN)C1. The molecular formula is C18H28N2. The summed E-state index contributed by atoms with van der Waals surface area (Å²) in [5.41, 5.74) is 9.04. The molecule has 1 saturated carbocycles. The first-order valence-corrected chi connectivity index (χ1v) is 8.33. The Hall–Kier alpha value is -0.860. The van der Waals surface area contributed by atoms with Crippen LogP contribution in [0.15, 0.2) is 24.3 Å². The number of hydrogen-bond acceptors (Lipinski definition) is 2. The van der Waals surface area contributed by atoms with Gasteiger partial charge in [0.1, 0.15) is 0 Å². The summed E-state index contributed by atoms with van der Waals surface area (Å²) >= 11 is 0. The van der Waals surface area contributed by atoms with E-state index in [1.54, 1.807) is 5.56 Å². The van der Waals surface area contributed by atoms with E-state index in [4.69, 9.17) is 5.73 Å². The number of likely N-dealkylation sites (tertiary alicyclic amines) is 1. The Kier molecular flexibility index (Phi) is 4.42. The van der Waals surface area contributed by atoms with Gasteiger partial charge in [-0.25, -0.2) is 0 Å². The highest BCUT2D eigenvalue weighted by Gasteiger charge is 2.27. The van der Waals surface area contributed by atoms with Crippen molar-refractivity contribution in [3.05, 3.63) is 35.4 Å². The van der Waals surface area contributed by atoms with E-state index in [2.05, 4.69) is 36.1 Å². The Labute approximate surface area is 123 Å². The number of hydrogen-bond donors (Lipinski definition) is 1. The number of nitrogens with zero attached hydrogens (tertiary/aromatic N) is 1. The first-order valence-electron chi connectivity index (χ1n) is 8.33.